The van der Waals surface area contributed by atoms with Crippen molar-refractivity contribution in [2.24, 2.45) is 19.3 Å². The van der Waals surface area contributed by atoms with E-state index < -0.39 is 5.69 Å². The first-order valence-corrected chi connectivity index (χ1v) is 7.95. The second kappa shape index (κ2) is 5.73. The van der Waals surface area contributed by atoms with Crippen molar-refractivity contribution in [2.75, 3.05) is 0 Å². The number of nitrogens with zero attached hydrogens (tertiary/aromatic N) is 5. The van der Waals surface area contributed by atoms with Crippen LogP contribution in [0.5, 0.6) is 0 Å². The molecule has 0 saturated heterocycles. The highest BCUT2D eigenvalue weighted by atomic mass is 16.6. The highest BCUT2D eigenvalue weighted by molar-refractivity contribution is 6.01. The Morgan fingerprint density at radius 3 is 2.72 bits per heavy atom. The molecule has 1 aliphatic rings. The van der Waals surface area contributed by atoms with E-state index in [9.17, 15) is 9.59 Å². The number of benzene rings is 1. The van der Waals surface area contributed by atoms with Crippen molar-refractivity contribution >= 4 is 16.9 Å². The van der Waals surface area contributed by atoms with Crippen LogP contribution in [0.1, 0.15) is 12.0 Å². The van der Waals surface area contributed by atoms with Crippen LogP contribution in [0.4, 0.5) is 0 Å². The maximum atomic E-state index is 12.7. The van der Waals surface area contributed by atoms with Gasteiger partial charge in [0.2, 0.25) is 0 Å². The molecule has 0 unspecified atom stereocenters. The number of aromatic nitrogens is 4. The standard InChI is InChI=1S/C17H17N5O3/c1-20-10-18-15-14(20)16(23)22(17(24)21(15)2)9-12-8-13(19-25-12)11-6-4-3-5-7-11/h3-7,10,12H,8-9H2,1-2H3/t12-/m1/s1. The zero-order valence-electron chi connectivity index (χ0n) is 13.9. The van der Waals surface area contributed by atoms with Crippen LogP contribution in [0.25, 0.3) is 11.2 Å². The van der Waals surface area contributed by atoms with Crippen LogP contribution < -0.4 is 11.2 Å². The Kier molecular flexibility index (Phi) is 3.52. The number of oxime groups is 1. The van der Waals surface area contributed by atoms with E-state index in [4.69, 9.17) is 4.84 Å². The van der Waals surface area contributed by atoms with Crippen LogP contribution in [0, 0.1) is 0 Å². The van der Waals surface area contributed by atoms with Crippen molar-refractivity contribution in [2.45, 2.75) is 19.1 Å². The fourth-order valence-electron chi connectivity index (χ4n) is 3.09. The van der Waals surface area contributed by atoms with E-state index in [1.807, 2.05) is 30.3 Å². The number of rotatable bonds is 3. The normalized spacial score (nSPS) is 16.9. The number of imidazole rings is 1. The van der Waals surface area contributed by atoms with Crippen molar-refractivity contribution in [1.29, 1.82) is 0 Å². The Morgan fingerprint density at radius 1 is 1.20 bits per heavy atom. The molecule has 8 heteroatoms. The SMILES string of the molecule is Cn1cnc2c1c(=O)n(C[C@H]1CC(c3ccccc3)=NO1)c(=O)n2C. The molecule has 3 heterocycles. The average molecular weight is 339 g/mol. The van der Waals surface area contributed by atoms with Gasteiger partial charge in [0.15, 0.2) is 17.3 Å². The van der Waals surface area contributed by atoms with Gasteiger partial charge in [0.05, 0.1) is 18.6 Å². The van der Waals surface area contributed by atoms with E-state index in [1.54, 1.807) is 18.7 Å². The summed E-state index contributed by atoms with van der Waals surface area (Å²) in [7, 11) is 3.34. The Morgan fingerprint density at radius 2 is 1.96 bits per heavy atom. The third kappa shape index (κ3) is 2.46. The molecule has 0 bridgehead atoms. The molecule has 128 valence electrons. The summed E-state index contributed by atoms with van der Waals surface area (Å²) >= 11 is 0. The van der Waals surface area contributed by atoms with Crippen molar-refractivity contribution in [1.82, 2.24) is 18.7 Å². The van der Waals surface area contributed by atoms with Gasteiger partial charge < -0.3 is 9.40 Å². The largest absolute Gasteiger partial charge is 0.390 e. The van der Waals surface area contributed by atoms with E-state index >= 15 is 0 Å². The van der Waals surface area contributed by atoms with Crippen molar-refractivity contribution in [3.63, 3.8) is 0 Å². The lowest BCUT2D eigenvalue weighted by Gasteiger charge is -2.12. The van der Waals surface area contributed by atoms with Crippen molar-refractivity contribution in [3.05, 3.63) is 63.1 Å². The van der Waals surface area contributed by atoms with Crippen LogP contribution in [-0.4, -0.2) is 30.5 Å². The van der Waals surface area contributed by atoms with Gasteiger partial charge in [-0.05, 0) is 5.56 Å². The average Bonchev–Trinajstić information content (AvgIpc) is 3.24. The van der Waals surface area contributed by atoms with Gasteiger partial charge >= 0.3 is 5.69 Å². The van der Waals surface area contributed by atoms with Crippen LogP contribution in [0.15, 0.2) is 51.4 Å². The number of aryl methyl sites for hydroxylation is 2. The summed E-state index contributed by atoms with van der Waals surface area (Å²) in [5.41, 5.74) is 1.79. The number of hydrogen-bond acceptors (Lipinski definition) is 5. The third-order valence-corrected chi connectivity index (χ3v) is 4.43. The molecule has 0 aliphatic carbocycles. The molecule has 25 heavy (non-hydrogen) atoms. The lowest BCUT2D eigenvalue weighted by Crippen LogP contribution is -2.42. The quantitative estimate of drug-likeness (QED) is 0.700. The first-order valence-electron chi connectivity index (χ1n) is 7.95. The minimum Gasteiger partial charge on any atom is -0.390 e. The molecule has 1 aromatic carbocycles. The minimum atomic E-state index is -0.409. The van der Waals surface area contributed by atoms with Gasteiger partial charge in [-0.25, -0.2) is 9.78 Å². The van der Waals surface area contributed by atoms with Crippen LogP contribution in [-0.2, 0) is 25.5 Å². The maximum Gasteiger partial charge on any atom is 0.332 e. The molecule has 0 amide bonds. The predicted molar refractivity (Wildman–Crippen MR) is 92.7 cm³/mol. The summed E-state index contributed by atoms with van der Waals surface area (Å²) in [6.07, 6.45) is 1.72. The van der Waals surface area contributed by atoms with Gasteiger partial charge in [0.1, 0.15) is 0 Å². The molecule has 2 aromatic heterocycles. The molecule has 4 rings (SSSR count). The van der Waals surface area contributed by atoms with Gasteiger partial charge in [-0.3, -0.25) is 13.9 Å². The Labute approximate surface area is 142 Å². The van der Waals surface area contributed by atoms with Crippen molar-refractivity contribution < 1.29 is 4.84 Å². The topological polar surface area (TPSA) is 83.4 Å². The summed E-state index contributed by atoms with van der Waals surface area (Å²) in [6.45, 7) is 0.145. The van der Waals surface area contributed by atoms with Crippen LogP contribution in [0.3, 0.4) is 0 Å². The molecule has 0 fully saturated rings. The van der Waals surface area contributed by atoms with E-state index in [1.165, 1.54) is 15.5 Å². The molecule has 3 aromatic rings. The summed E-state index contributed by atoms with van der Waals surface area (Å²) in [5.74, 6) is 0. The highest BCUT2D eigenvalue weighted by Gasteiger charge is 2.25. The zero-order chi connectivity index (χ0) is 17.6. The highest BCUT2D eigenvalue weighted by Crippen LogP contribution is 2.17. The Bertz CT molecular complexity index is 1090. The number of fused-ring (bicyclic) bond motifs is 1. The van der Waals surface area contributed by atoms with Crippen LogP contribution in [0.2, 0.25) is 0 Å². The lowest BCUT2D eigenvalue weighted by atomic mass is 10.1. The molecule has 0 spiro atoms. The van der Waals surface area contributed by atoms with Gasteiger partial charge in [-0.2, -0.15) is 0 Å². The van der Waals surface area contributed by atoms with Gasteiger partial charge in [0, 0.05) is 20.5 Å². The molecule has 0 N–H and O–H groups in total. The Balaban J connectivity index is 1.66. The third-order valence-electron chi connectivity index (χ3n) is 4.43. The lowest BCUT2D eigenvalue weighted by molar-refractivity contribution is 0.0706. The molecule has 1 aliphatic heterocycles. The van der Waals surface area contributed by atoms with Gasteiger partial charge in [0.25, 0.3) is 5.56 Å². The fourth-order valence-corrected chi connectivity index (χ4v) is 3.09. The van der Waals surface area contributed by atoms with E-state index in [-0.39, 0.29) is 18.2 Å². The molecular formula is C17H17N5O3. The van der Waals surface area contributed by atoms with E-state index in [0.29, 0.717) is 17.6 Å². The molecule has 8 nitrogen and oxygen atoms in total. The minimum absolute atomic E-state index is 0.145. The zero-order valence-corrected chi connectivity index (χ0v) is 13.9. The van der Waals surface area contributed by atoms with Gasteiger partial charge in [-0.15, -0.1) is 0 Å². The Hall–Kier alpha value is -3.16. The summed E-state index contributed by atoms with van der Waals surface area (Å²) in [6, 6.07) is 9.71. The first kappa shape index (κ1) is 15.4. The van der Waals surface area contributed by atoms with E-state index in [2.05, 4.69) is 10.1 Å². The first-order chi connectivity index (χ1) is 12.1. The molecule has 0 saturated carbocycles. The van der Waals surface area contributed by atoms with Crippen LogP contribution >= 0.6 is 0 Å². The monoisotopic (exact) mass is 339 g/mol. The molecule has 0 radical (unpaired) electrons. The van der Waals surface area contributed by atoms with Crippen molar-refractivity contribution in [3.8, 4) is 0 Å². The number of hydrogen-bond donors (Lipinski definition) is 0. The summed E-state index contributed by atoms with van der Waals surface area (Å²) in [4.78, 5) is 34.8. The fraction of sp³-hybridized carbons (Fsp3) is 0.294. The second-order valence-electron chi connectivity index (χ2n) is 6.12. The van der Waals surface area contributed by atoms with E-state index in [0.717, 1.165) is 11.3 Å². The summed E-state index contributed by atoms with van der Waals surface area (Å²) < 4.78 is 4.19. The second-order valence-corrected chi connectivity index (χ2v) is 6.12. The predicted octanol–water partition coefficient (Wildman–Crippen LogP) is 0.627. The molecular weight excluding hydrogens is 322 g/mol. The maximum absolute atomic E-state index is 12.7. The smallest absolute Gasteiger partial charge is 0.332 e. The molecule has 1 atom stereocenters. The summed E-state index contributed by atoms with van der Waals surface area (Å²) in [5, 5.41) is 4.11. The van der Waals surface area contributed by atoms with Gasteiger partial charge in [-0.1, -0.05) is 35.5 Å².